The predicted octanol–water partition coefficient (Wildman–Crippen LogP) is 3.06. The molecule has 18 heavy (non-hydrogen) atoms. The number of piperidine rings is 1. The molecule has 2 nitrogen and oxygen atoms in total. The lowest BCUT2D eigenvalue weighted by Crippen LogP contribution is -2.45. The Bertz CT molecular complexity index is 450. The zero-order valence-corrected chi connectivity index (χ0v) is 11.1. The maximum absolute atomic E-state index is 13.7. The van der Waals surface area contributed by atoms with Crippen LogP contribution < -0.4 is 0 Å². The number of rotatable bonds is 1. The number of hydrogen-bond donors (Lipinski definition) is 0. The van der Waals surface area contributed by atoms with E-state index in [4.69, 9.17) is 4.74 Å². The van der Waals surface area contributed by atoms with Gasteiger partial charge in [-0.25, -0.2) is 4.39 Å². The summed E-state index contributed by atoms with van der Waals surface area (Å²) in [5.74, 6) is -0.115. The maximum atomic E-state index is 13.7. The summed E-state index contributed by atoms with van der Waals surface area (Å²) >= 11 is 0. The fourth-order valence-corrected chi connectivity index (χ4v) is 3.24. The first-order chi connectivity index (χ1) is 8.62. The third kappa shape index (κ3) is 1.77. The molecule has 2 aliphatic rings. The van der Waals surface area contributed by atoms with Crippen molar-refractivity contribution in [2.75, 3.05) is 13.1 Å². The van der Waals surface area contributed by atoms with Crippen LogP contribution in [0.2, 0.25) is 0 Å². The second-order valence-electron chi connectivity index (χ2n) is 5.68. The predicted molar refractivity (Wildman–Crippen MR) is 68.8 cm³/mol. The quantitative estimate of drug-likeness (QED) is 0.758. The van der Waals surface area contributed by atoms with Gasteiger partial charge in [-0.05, 0) is 38.3 Å². The smallest absolute Gasteiger partial charge is 0.129 e. The SMILES string of the molecule is CC(C)N1CCC2(CC1)OCc1c(F)cccc12. The molecule has 1 aromatic carbocycles. The Morgan fingerprint density at radius 1 is 1.28 bits per heavy atom. The number of likely N-dealkylation sites (tertiary alicyclic amines) is 1. The molecule has 0 atom stereocenters. The number of fused-ring (bicyclic) bond motifs is 2. The number of nitrogens with zero attached hydrogens (tertiary/aromatic N) is 1. The van der Waals surface area contributed by atoms with Crippen LogP contribution >= 0.6 is 0 Å². The first-order valence-corrected chi connectivity index (χ1v) is 6.78. The molecule has 0 saturated carbocycles. The van der Waals surface area contributed by atoms with Gasteiger partial charge < -0.3 is 9.64 Å². The highest BCUT2D eigenvalue weighted by Gasteiger charge is 2.43. The van der Waals surface area contributed by atoms with Crippen molar-refractivity contribution < 1.29 is 9.13 Å². The zero-order chi connectivity index (χ0) is 12.8. The summed E-state index contributed by atoms with van der Waals surface area (Å²) in [5.41, 5.74) is 1.64. The molecule has 2 heterocycles. The zero-order valence-electron chi connectivity index (χ0n) is 11.1. The lowest BCUT2D eigenvalue weighted by molar-refractivity contribution is -0.0827. The third-order valence-electron chi connectivity index (χ3n) is 4.44. The Kier molecular flexibility index (Phi) is 2.91. The molecule has 98 valence electrons. The molecule has 0 aromatic heterocycles. The molecule has 0 bridgehead atoms. The molecule has 1 saturated heterocycles. The number of benzene rings is 1. The third-order valence-corrected chi connectivity index (χ3v) is 4.44. The molecule has 0 unspecified atom stereocenters. The average molecular weight is 249 g/mol. The van der Waals surface area contributed by atoms with E-state index in [1.165, 1.54) is 6.07 Å². The van der Waals surface area contributed by atoms with Gasteiger partial charge in [-0.15, -0.1) is 0 Å². The normalized spacial score (nSPS) is 22.7. The van der Waals surface area contributed by atoms with E-state index in [2.05, 4.69) is 18.7 Å². The number of hydrogen-bond acceptors (Lipinski definition) is 2. The Morgan fingerprint density at radius 2 is 2.00 bits per heavy atom. The van der Waals surface area contributed by atoms with Gasteiger partial charge in [-0.1, -0.05) is 12.1 Å². The molecule has 3 rings (SSSR count). The standard InChI is InChI=1S/C15H20FNO/c1-11(2)17-8-6-15(7-9-17)13-4-3-5-14(16)12(13)10-18-15/h3-5,11H,6-10H2,1-2H3. The van der Waals surface area contributed by atoms with Crippen molar-refractivity contribution in [1.82, 2.24) is 4.90 Å². The summed E-state index contributed by atoms with van der Waals surface area (Å²) in [6, 6.07) is 5.95. The largest absolute Gasteiger partial charge is 0.365 e. The summed E-state index contributed by atoms with van der Waals surface area (Å²) < 4.78 is 19.7. The van der Waals surface area contributed by atoms with Gasteiger partial charge in [0.25, 0.3) is 0 Å². The van der Waals surface area contributed by atoms with E-state index in [0.29, 0.717) is 12.6 Å². The van der Waals surface area contributed by atoms with Crippen LogP contribution in [0.5, 0.6) is 0 Å². The monoisotopic (exact) mass is 249 g/mol. The molecule has 0 amide bonds. The van der Waals surface area contributed by atoms with Crippen molar-refractivity contribution in [3.63, 3.8) is 0 Å². The summed E-state index contributed by atoms with van der Waals surface area (Å²) in [7, 11) is 0. The van der Waals surface area contributed by atoms with Crippen LogP contribution in [0.25, 0.3) is 0 Å². The lowest BCUT2D eigenvalue weighted by Gasteiger charge is -2.40. The fraction of sp³-hybridized carbons (Fsp3) is 0.600. The van der Waals surface area contributed by atoms with Crippen LogP contribution in [0.4, 0.5) is 4.39 Å². The summed E-state index contributed by atoms with van der Waals surface area (Å²) in [6.07, 6.45) is 1.95. The van der Waals surface area contributed by atoms with Crippen LogP contribution in [0.15, 0.2) is 18.2 Å². The number of ether oxygens (including phenoxy) is 1. The van der Waals surface area contributed by atoms with Gasteiger partial charge in [-0.2, -0.15) is 0 Å². The fourth-order valence-electron chi connectivity index (χ4n) is 3.24. The minimum Gasteiger partial charge on any atom is -0.365 e. The van der Waals surface area contributed by atoms with Gasteiger partial charge in [0.15, 0.2) is 0 Å². The molecule has 1 spiro atoms. The van der Waals surface area contributed by atoms with E-state index in [0.717, 1.165) is 37.1 Å². The molecule has 0 aliphatic carbocycles. The van der Waals surface area contributed by atoms with Crippen LogP contribution in [0.3, 0.4) is 0 Å². The lowest BCUT2D eigenvalue weighted by atomic mass is 9.83. The summed E-state index contributed by atoms with van der Waals surface area (Å²) in [6.45, 7) is 6.95. The Balaban J connectivity index is 1.86. The van der Waals surface area contributed by atoms with Gasteiger partial charge in [-0.3, -0.25) is 0 Å². The second kappa shape index (κ2) is 4.32. The highest BCUT2D eigenvalue weighted by Crippen LogP contribution is 2.44. The van der Waals surface area contributed by atoms with Crippen molar-refractivity contribution >= 4 is 0 Å². The van der Waals surface area contributed by atoms with Gasteiger partial charge in [0.1, 0.15) is 5.82 Å². The molecule has 0 radical (unpaired) electrons. The molecule has 1 aromatic rings. The van der Waals surface area contributed by atoms with Crippen molar-refractivity contribution in [3.8, 4) is 0 Å². The molecule has 0 N–H and O–H groups in total. The topological polar surface area (TPSA) is 12.5 Å². The van der Waals surface area contributed by atoms with Crippen LogP contribution in [0.1, 0.15) is 37.8 Å². The van der Waals surface area contributed by atoms with Gasteiger partial charge in [0.2, 0.25) is 0 Å². The molecule has 3 heteroatoms. The van der Waals surface area contributed by atoms with Gasteiger partial charge >= 0.3 is 0 Å². The van der Waals surface area contributed by atoms with E-state index in [9.17, 15) is 4.39 Å². The van der Waals surface area contributed by atoms with Gasteiger partial charge in [0.05, 0.1) is 12.2 Å². The molecular weight excluding hydrogens is 229 g/mol. The van der Waals surface area contributed by atoms with Crippen molar-refractivity contribution in [2.45, 2.75) is 44.9 Å². The summed E-state index contributed by atoms with van der Waals surface area (Å²) in [5, 5.41) is 0. The van der Waals surface area contributed by atoms with E-state index in [1.54, 1.807) is 6.07 Å². The Labute approximate surface area is 108 Å². The van der Waals surface area contributed by atoms with Crippen LogP contribution in [0, 0.1) is 5.82 Å². The second-order valence-corrected chi connectivity index (χ2v) is 5.68. The molecular formula is C15H20FNO. The van der Waals surface area contributed by atoms with Crippen molar-refractivity contribution in [2.24, 2.45) is 0 Å². The highest BCUT2D eigenvalue weighted by atomic mass is 19.1. The van der Waals surface area contributed by atoms with E-state index in [1.807, 2.05) is 6.07 Å². The maximum Gasteiger partial charge on any atom is 0.129 e. The van der Waals surface area contributed by atoms with Crippen LogP contribution in [-0.4, -0.2) is 24.0 Å². The van der Waals surface area contributed by atoms with Crippen LogP contribution in [-0.2, 0) is 16.9 Å². The van der Waals surface area contributed by atoms with Crippen molar-refractivity contribution in [1.29, 1.82) is 0 Å². The average Bonchev–Trinajstić information content (AvgIpc) is 2.71. The highest BCUT2D eigenvalue weighted by molar-refractivity contribution is 5.37. The van der Waals surface area contributed by atoms with Gasteiger partial charge in [0, 0.05) is 24.7 Å². The Morgan fingerprint density at radius 3 is 2.67 bits per heavy atom. The number of halogens is 1. The van der Waals surface area contributed by atoms with E-state index < -0.39 is 0 Å². The van der Waals surface area contributed by atoms with E-state index in [-0.39, 0.29) is 11.4 Å². The van der Waals surface area contributed by atoms with E-state index >= 15 is 0 Å². The minimum absolute atomic E-state index is 0.115. The van der Waals surface area contributed by atoms with Crippen molar-refractivity contribution in [3.05, 3.63) is 35.1 Å². The first-order valence-electron chi connectivity index (χ1n) is 6.78. The molecule has 1 fully saturated rings. The first kappa shape index (κ1) is 12.1. The summed E-state index contributed by atoms with van der Waals surface area (Å²) in [4.78, 5) is 2.46. The molecule has 2 aliphatic heterocycles. The minimum atomic E-state index is -0.219. The Hall–Kier alpha value is -0.930.